The van der Waals surface area contributed by atoms with E-state index in [9.17, 15) is 0 Å². The molecule has 0 saturated heterocycles. The molecule has 0 aliphatic heterocycles. The molecule has 0 rings (SSSR count). The topological polar surface area (TPSA) is 121 Å². The average molecular weight is 226 g/mol. The van der Waals surface area contributed by atoms with Gasteiger partial charge in [-0.15, -0.1) is 0 Å². The van der Waals surface area contributed by atoms with Crippen molar-refractivity contribution in [2.24, 2.45) is 5.41 Å². The second kappa shape index (κ2) is 9.02. The summed E-state index contributed by atoms with van der Waals surface area (Å²) in [4.78, 5) is 0. The van der Waals surface area contributed by atoms with Gasteiger partial charge in [0.1, 0.15) is 6.10 Å². The molecule has 6 nitrogen and oxygen atoms in total. The van der Waals surface area contributed by atoms with Gasteiger partial charge >= 0.3 is 0 Å². The van der Waals surface area contributed by atoms with Crippen LogP contribution < -0.4 is 0 Å². The molecular formula is C9H22O6. The van der Waals surface area contributed by atoms with Crippen molar-refractivity contribution in [1.29, 1.82) is 0 Å². The first-order valence-corrected chi connectivity index (χ1v) is 4.66. The molecule has 0 aromatic carbocycles. The van der Waals surface area contributed by atoms with Crippen molar-refractivity contribution in [3.05, 3.63) is 0 Å². The summed E-state index contributed by atoms with van der Waals surface area (Å²) < 4.78 is 0. The molecule has 6 heteroatoms. The quantitative estimate of drug-likeness (QED) is 0.313. The summed E-state index contributed by atoms with van der Waals surface area (Å²) in [6, 6.07) is 0. The summed E-state index contributed by atoms with van der Waals surface area (Å²) in [6.07, 6.45) is -1.81. The minimum atomic E-state index is -0.986. The van der Waals surface area contributed by atoms with E-state index < -0.39 is 17.6 Å². The molecule has 0 bridgehead atoms. The molecule has 0 aromatic rings. The van der Waals surface area contributed by atoms with Crippen molar-refractivity contribution in [2.45, 2.75) is 26.1 Å². The van der Waals surface area contributed by atoms with Crippen LogP contribution in [-0.4, -0.2) is 69.3 Å². The van der Waals surface area contributed by atoms with Crippen LogP contribution in [0.3, 0.4) is 0 Å². The van der Waals surface area contributed by atoms with Crippen molar-refractivity contribution in [2.75, 3.05) is 26.4 Å². The minimum Gasteiger partial charge on any atom is -0.396 e. The molecule has 2 atom stereocenters. The second-order valence-corrected chi connectivity index (χ2v) is 3.78. The smallest absolute Gasteiger partial charge is 0.103 e. The van der Waals surface area contributed by atoms with Gasteiger partial charge in [0.15, 0.2) is 0 Å². The fourth-order valence-electron chi connectivity index (χ4n) is 0.303. The van der Waals surface area contributed by atoms with E-state index in [-0.39, 0.29) is 26.4 Å². The van der Waals surface area contributed by atoms with Crippen molar-refractivity contribution in [3.63, 3.8) is 0 Å². The number of hydrogen-bond acceptors (Lipinski definition) is 6. The Bertz CT molecular complexity index is 126. The summed E-state index contributed by atoms with van der Waals surface area (Å²) in [6.45, 7) is 2.10. The highest BCUT2D eigenvalue weighted by atomic mass is 16.4. The van der Waals surface area contributed by atoms with Crippen LogP contribution in [0.5, 0.6) is 0 Å². The normalized spacial score (nSPS) is 15.2. The number of aliphatic hydroxyl groups excluding tert-OH is 6. The molecule has 0 fully saturated rings. The molecule has 0 aliphatic rings. The first-order chi connectivity index (χ1) is 6.86. The van der Waals surface area contributed by atoms with E-state index >= 15 is 0 Å². The molecule has 6 N–H and O–H groups in total. The molecule has 2 unspecified atom stereocenters. The molecule has 0 heterocycles. The van der Waals surface area contributed by atoms with Crippen molar-refractivity contribution in [1.82, 2.24) is 0 Å². The lowest BCUT2D eigenvalue weighted by molar-refractivity contribution is -0.00425. The van der Waals surface area contributed by atoms with E-state index in [0.717, 1.165) is 0 Å². The van der Waals surface area contributed by atoms with Crippen LogP contribution in [0.1, 0.15) is 13.8 Å². The summed E-state index contributed by atoms with van der Waals surface area (Å²) >= 11 is 0. The summed E-state index contributed by atoms with van der Waals surface area (Å²) in [5, 5.41) is 50.3. The molecule has 0 aliphatic carbocycles. The number of hydrogen-bond donors (Lipinski definition) is 6. The lowest BCUT2D eigenvalue weighted by Gasteiger charge is -2.20. The number of aliphatic hydroxyl groups is 6. The maximum absolute atomic E-state index is 8.47. The Morgan fingerprint density at radius 3 is 1.27 bits per heavy atom. The van der Waals surface area contributed by atoms with Gasteiger partial charge in [-0.2, -0.15) is 0 Å². The largest absolute Gasteiger partial charge is 0.396 e. The predicted molar refractivity (Wildman–Crippen MR) is 54.1 cm³/mol. The van der Waals surface area contributed by atoms with Gasteiger partial charge in [-0.3, -0.25) is 0 Å². The highest BCUT2D eigenvalue weighted by Crippen LogP contribution is 2.10. The Kier molecular flexibility index (Phi) is 10.3. The third-order valence-corrected chi connectivity index (χ3v) is 1.89. The Balaban J connectivity index is 0. The van der Waals surface area contributed by atoms with Crippen molar-refractivity contribution in [3.8, 4) is 0 Å². The fourth-order valence-corrected chi connectivity index (χ4v) is 0.303. The molecular weight excluding hydrogens is 204 g/mol. The SMILES string of the molecule is CC(CO)(CO)CO.CC(O)C(O)CO. The van der Waals surface area contributed by atoms with Gasteiger partial charge in [0.25, 0.3) is 0 Å². The van der Waals surface area contributed by atoms with E-state index in [1.807, 2.05) is 0 Å². The molecule has 0 saturated carbocycles. The highest BCUT2D eigenvalue weighted by Gasteiger charge is 2.20. The van der Waals surface area contributed by atoms with Crippen LogP contribution in [0.2, 0.25) is 0 Å². The molecule has 0 amide bonds. The number of rotatable bonds is 5. The Morgan fingerprint density at radius 1 is 0.933 bits per heavy atom. The average Bonchev–Trinajstić information content (AvgIpc) is 2.27. The molecule has 0 aromatic heterocycles. The summed E-state index contributed by atoms with van der Waals surface area (Å²) in [7, 11) is 0. The molecule has 94 valence electrons. The summed E-state index contributed by atoms with van der Waals surface area (Å²) in [5.74, 6) is 0. The van der Waals surface area contributed by atoms with Crippen LogP contribution in [0, 0.1) is 5.41 Å². The van der Waals surface area contributed by atoms with Crippen LogP contribution in [-0.2, 0) is 0 Å². The molecule has 15 heavy (non-hydrogen) atoms. The van der Waals surface area contributed by atoms with E-state index in [4.69, 9.17) is 30.6 Å². The van der Waals surface area contributed by atoms with E-state index in [1.54, 1.807) is 6.92 Å². The van der Waals surface area contributed by atoms with Gasteiger partial charge in [-0.05, 0) is 6.92 Å². The van der Waals surface area contributed by atoms with E-state index in [1.165, 1.54) is 6.92 Å². The van der Waals surface area contributed by atoms with Gasteiger partial charge in [0, 0.05) is 5.41 Å². The maximum atomic E-state index is 8.47. The van der Waals surface area contributed by atoms with Gasteiger partial charge in [0.05, 0.1) is 32.5 Å². The Morgan fingerprint density at radius 2 is 1.27 bits per heavy atom. The Labute approximate surface area is 89.4 Å². The zero-order valence-corrected chi connectivity index (χ0v) is 9.17. The Hall–Kier alpha value is -0.240. The minimum absolute atomic E-state index is 0.181. The lowest BCUT2D eigenvalue weighted by Crippen LogP contribution is -2.29. The summed E-state index contributed by atoms with van der Waals surface area (Å²) in [5.41, 5.74) is -0.708. The lowest BCUT2D eigenvalue weighted by atomic mass is 9.95. The third-order valence-electron chi connectivity index (χ3n) is 1.89. The monoisotopic (exact) mass is 226 g/mol. The van der Waals surface area contributed by atoms with Gasteiger partial charge < -0.3 is 30.6 Å². The first-order valence-electron chi connectivity index (χ1n) is 4.66. The van der Waals surface area contributed by atoms with Crippen molar-refractivity contribution < 1.29 is 30.6 Å². The highest BCUT2D eigenvalue weighted by molar-refractivity contribution is 4.69. The van der Waals surface area contributed by atoms with Gasteiger partial charge in [-0.25, -0.2) is 0 Å². The van der Waals surface area contributed by atoms with Crippen LogP contribution >= 0.6 is 0 Å². The zero-order valence-electron chi connectivity index (χ0n) is 9.17. The van der Waals surface area contributed by atoms with Crippen LogP contribution in [0.4, 0.5) is 0 Å². The van der Waals surface area contributed by atoms with E-state index in [0.29, 0.717) is 0 Å². The standard InChI is InChI=1S/C5H12O3.C4H10O3/c1-5(2-6,3-7)4-8;1-3(6)4(7)2-5/h6-8H,2-4H2,1H3;3-7H,2H2,1H3. The first kappa shape index (κ1) is 17.2. The molecule has 0 radical (unpaired) electrons. The van der Waals surface area contributed by atoms with Crippen LogP contribution in [0.15, 0.2) is 0 Å². The molecule has 0 spiro atoms. The maximum Gasteiger partial charge on any atom is 0.103 e. The fraction of sp³-hybridized carbons (Fsp3) is 1.00. The van der Waals surface area contributed by atoms with Crippen molar-refractivity contribution >= 4 is 0 Å². The van der Waals surface area contributed by atoms with E-state index in [2.05, 4.69) is 0 Å². The third kappa shape index (κ3) is 8.73. The van der Waals surface area contributed by atoms with Gasteiger partial charge in [0.2, 0.25) is 0 Å². The van der Waals surface area contributed by atoms with Crippen LogP contribution in [0.25, 0.3) is 0 Å². The van der Waals surface area contributed by atoms with Gasteiger partial charge in [-0.1, -0.05) is 6.92 Å². The zero-order chi connectivity index (χ0) is 12.5. The second-order valence-electron chi connectivity index (χ2n) is 3.78. The predicted octanol–water partition coefficient (Wildman–Crippen LogP) is -2.31.